The van der Waals surface area contributed by atoms with Crippen molar-refractivity contribution >= 4 is 35.1 Å². The Morgan fingerprint density at radius 3 is 2.55 bits per heavy atom. The third kappa shape index (κ3) is 6.05. The number of alkyl halides is 2. The summed E-state index contributed by atoms with van der Waals surface area (Å²) in [5.41, 5.74) is 0.672. The monoisotopic (exact) mass is 454 g/mol. The Morgan fingerprint density at radius 1 is 1.13 bits per heavy atom. The second-order valence-corrected chi connectivity index (χ2v) is 6.92. The number of carbonyl (C=O) groups excluding carboxylic acids is 3. The number of hydrogen-bond acceptors (Lipinski definition) is 6. The predicted molar refractivity (Wildman–Crippen MR) is 105 cm³/mol. The van der Waals surface area contributed by atoms with Crippen molar-refractivity contribution < 1.29 is 37.4 Å². The van der Waals surface area contributed by atoms with Gasteiger partial charge in [-0.05, 0) is 23.8 Å². The van der Waals surface area contributed by atoms with Crippen molar-refractivity contribution in [3.63, 3.8) is 0 Å². The topological polar surface area (TPSA) is 103 Å². The maximum absolute atomic E-state index is 13.0. The molecule has 2 N–H and O–H groups in total. The quantitative estimate of drug-likeness (QED) is 0.621. The molecule has 1 atom stereocenters. The molecule has 2 aromatic rings. The zero-order valence-electron chi connectivity index (χ0n) is 16.1. The average molecular weight is 455 g/mol. The van der Waals surface area contributed by atoms with Gasteiger partial charge in [-0.15, -0.1) is 8.78 Å². The Hall–Kier alpha value is -3.40. The summed E-state index contributed by atoms with van der Waals surface area (Å²) < 4.78 is 39.6. The molecule has 164 valence electrons. The van der Waals surface area contributed by atoms with Gasteiger partial charge in [0.1, 0.15) is 0 Å². The van der Waals surface area contributed by atoms with Crippen LogP contribution in [-0.2, 0) is 19.1 Å². The summed E-state index contributed by atoms with van der Waals surface area (Å²) in [5.74, 6) is -2.23. The van der Waals surface area contributed by atoms with Crippen molar-refractivity contribution in [2.75, 3.05) is 11.9 Å². The molecule has 0 saturated carbocycles. The number of amides is 2. The van der Waals surface area contributed by atoms with Crippen molar-refractivity contribution in [3.05, 3.63) is 53.1 Å². The number of ether oxygens (including phenoxy) is 3. The summed E-state index contributed by atoms with van der Waals surface area (Å²) in [6.45, 7) is 0.669. The van der Waals surface area contributed by atoms with Crippen LogP contribution in [0.1, 0.15) is 24.9 Å². The van der Waals surface area contributed by atoms with Gasteiger partial charge >= 0.3 is 12.3 Å². The fourth-order valence-electron chi connectivity index (χ4n) is 2.84. The van der Waals surface area contributed by atoms with Crippen LogP contribution >= 0.6 is 11.6 Å². The number of esters is 1. The molecule has 11 heteroatoms. The van der Waals surface area contributed by atoms with Crippen molar-refractivity contribution in [3.8, 4) is 11.5 Å². The van der Waals surface area contributed by atoms with Crippen molar-refractivity contribution in [1.29, 1.82) is 0 Å². The second kappa shape index (κ2) is 9.17. The highest BCUT2D eigenvalue weighted by Crippen LogP contribution is 2.42. The number of carbonyl (C=O) groups is 3. The van der Waals surface area contributed by atoms with Crippen LogP contribution in [0.3, 0.4) is 0 Å². The summed E-state index contributed by atoms with van der Waals surface area (Å²) in [5, 5.41) is 5.37. The first kappa shape index (κ1) is 22.3. The molecule has 0 spiro atoms. The van der Waals surface area contributed by atoms with Crippen LogP contribution in [0.15, 0.2) is 42.5 Å². The maximum atomic E-state index is 13.0. The second-order valence-electron chi connectivity index (χ2n) is 6.52. The highest BCUT2D eigenvalue weighted by atomic mass is 35.5. The number of rotatable bonds is 7. The lowest BCUT2D eigenvalue weighted by atomic mass is 10.0. The van der Waals surface area contributed by atoms with Crippen molar-refractivity contribution in [2.45, 2.75) is 25.7 Å². The molecule has 0 aromatic heterocycles. The van der Waals surface area contributed by atoms with Gasteiger partial charge in [0.2, 0.25) is 5.91 Å². The van der Waals surface area contributed by atoms with Crippen LogP contribution in [0.4, 0.5) is 14.5 Å². The van der Waals surface area contributed by atoms with Crippen LogP contribution in [0.2, 0.25) is 5.02 Å². The van der Waals surface area contributed by atoms with Crippen molar-refractivity contribution in [1.82, 2.24) is 5.32 Å². The molecule has 0 radical (unpaired) electrons. The normalized spacial score (nSPS) is 14.5. The van der Waals surface area contributed by atoms with E-state index in [9.17, 15) is 23.2 Å². The van der Waals surface area contributed by atoms with Crippen LogP contribution in [0, 0.1) is 0 Å². The van der Waals surface area contributed by atoms with Crippen molar-refractivity contribution in [2.24, 2.45) is 0 Å². The Balaban J connectivity index is 1.54. The number of nitrogens with one attached hydrogen (secondary N) is 2. The van der Waals surface area contributed by atoms with E-state index in [1.54, 1.807) is 24.3 Å². The van der Waals surface area contributed by atoms with E-state index in [4.69, 9.17) is 16.3 Å². The molecule has 8 nitrogen and oxygen atoms in total. The fourth-order valence-corrected chi connectivity index (χ4v) is 3.10. The van der Waals surface area contributed by atoms with E-state index in [1.165, 1.54) is 19.1 Å². The maximum Gasteiger partial charge on any atom is 0.586 e. The molecular weight excluding hydrogens is 438 g/mol. The molecule has 0 saturated heterocycles. The SMILES string of the molecule is CC(=O)N[C@@H](CC(=O)OCC(=O)Nc1ccc2c(c1)OC(F)(F)O2)c1ccccc1Cl. The Bertz CT molecular complexity index is 1020. The molecule has 2 amide bonds. The minimum Gasteiger partial charge on any atom is -0.455 e. The number of anilines is 1. The van der Waals surface area contributed by atoms with E-state index in [0.29, 0.717) is 10.6 Å². The van der Waals surface area contributed by atoms with Crippen LogP contribution in [0.5, 0.6) is 11.5 Å². The summed E-state index contributed by atoms with van der Waals surface area (Å²) >= 11 is 6.13. The third-order valence-electron chi connectivity index (χ3n) is 4.08. The fraction of sp³-hybridized carbons (Fsp3) is 0.250. The van der Waals surface area contributed by atoms with E-state index in [-0.39, 0.29) is 29.5 Å². The molecule has 2 aromatic carbocycles. The number of benzene rings is 2. The number of hydrogen-bond donors (Lipinski definition) is 2. The largest absolute Gasteiger partial charge is 0.586 e. The summed E-state index contributed by atoms with van der Waals surface area (Å²) in [6.07, 6.45) is -4.03. The first-order valence-electron chi connectivity index (χ1n) is 9.00. The molecular formula is C20H17ClF2N2O6. The lowest BCUT2D eigenvalue weighted by Gasteiger charge is -2.18. The van der Waals surface area contributed by atoms with Crippen LogP contribution < -0.4 is 20.1 Å². The van der Waals surface area contributed by atoms with Gasteiger partial charge in [-0.25, -0.2) is 0 Å². The van der Waals surface area contributed by atoms with E-state index >= 15 is 0 Å². The number of fused-ring (bicyclic) bond motifs is 1. The molecule has 0 aliphatic carbocycles. The molecule has 0 unspecified atom stereocenters. The molecule has 3 rings (SSSR count). The zero-order valence-corrected chi connectivity index (χ0v) is 16.9. The Morgan fingerprint density at radius 2 is 1.84 bits per heavy atom. The van der Waals surface area contributed by atoms with Gasteiger partial charge in [0, 0.05) is 23.7 Å². The van der Waals surface area contributed by atoms with Gasteiger partial charge in [-0.1, -0.05) is 29.8 Å². The zero-order chi connectivity index (χ0) is 22.6. The molecule has 1 aliphatic heterocycles. The lowest BCUT2D eigenvalue weighted by Crippen LogP contribution is -2.29. The summed E-state index contributed by atoms with van der Waals surface area (Å²) in [7, 11) is 0. The highest BCUT2D eigenvalue weighted by Gasteiger charge is 2.43. The summed E-state index contributed by atoms with van der Waals surface area (Å²) in [6, 6.07) is 9.63. The predicted octanol–water partition coefficient (Wildman–Crippen LogP) is 3.41. The molecule has 0 bridgehead atoms. The van der Waals surface area contributed by atoms with Crippen LogP contribution in [-0.4, -0.2) is 30.7 Å². The molecule has 1 aliphatic rings. The molecule has 0 fully saturated rings. The van der Waals surface area contributed by atoms with E-state index in [0.717, 1.165) is 6.07 Å². The first-order chi connectivity index (χ1) is 14.6. The highest BCUT2D eigenvalue weighted by molar-refractivity contribution is 6.31. The lowest BCUT2D eigenvalue weighted by molar-refractivity contribution is -0.286. The minimum absolute atomic E-state index is 0.147. The van der Waals surface area contributed by atoms with Gasteiger partial charge in [0.25, 0.3) is 5.91 Å². The van der Waals surface area contributed by atoms with Gasteiger partial charge in [-0.2, -0.15) is 0 Å². The smallest absolute Gasteiger partial charge is 0.455 e. The average Bonchev–Trinajstić information content (AvgIpc) is 2.99. The minimum atomic E-state index is -3.77. The Kier molecular flexibility index (Phi) is 6.59. The summed E-state index contributed by atoms with van der Waals surface area (Å²) in [4.78, 5) is 35.7. The Labute approximate surface area is 180 Å². The van der Waals surface area contributed by atoms with Gasteiger partial charge < -0.3 is 24.8 Å². The first-order valence-corrected chi connectivity index (χ1v) is 9.37. The molecule has 1 heterocycles. The van der Waals surface area contributed by atoms with Gasteiger partial charge in [0.05, 0.1) is 12.5 Å². The van der Waals surface area contributed by atoms with Crippen LogP contribution in [0.25, 0.3) is 0 Å². The van der Waals surface area contributed by atoms with Gasteiger partial charge in [-0.3, -0.25) is 14.4 Å². The van der Waals surface area contributed by atoms with E-state index in [1.807, 2.05) is 0 Å². The standard InChI is InChI=1S/C20H17ClF2N2O6/c1-11(26)24-15(13-4-2-3-5-14(13)21)9-19(28)29-10-18(27)25-12-6-7-16-17(8-12)31-20(22,23)30-16/h2-8,15H,9-10H2,1H3,(H,24,26)(H,25,27)/t15-/m0/s1. The van der Waals surface area contributed by atoms with Gasteiger partial charge in [0.15, 0.2) is 18.1 Å². The van der Waals surface area contributed by atoms with E-state index in [2.05, 4.69) is 20.1 Å². The number of halogens is 3. The third-order valence-corrected chi connectivity index (χ3v) is 4.42. The molecule has 31 heavy (non-hydrogen) atoms. The van der Waals surface area contributed by atoms with E-state index < -0.39 is 30.8 Å².